The van der Waals surface area contributed by atoms with Gasteiger partial charge in [-0.05, 0) is 118 Å². The van der Waals surface area contributed by atoms with Gasteiger partial charge in [-0.1, -0.05) is 109 Å². The molecule has 324 valence electrons. The van der Waals surface area contributed by atoms with E-state index in [1.54, 1.807) is 12.2 Å². The minimum absolute atomic E-state index is 0.421. The zero-order valence-electron chi connectivity index (χ0n) is 35.5. The van der Waals surface area contributed by atoms with E-state index < -0.39 is 0 Å². The van der Waals surface area contributed by atoms with Gasteiger partial charge in [-0.3, -0.25) is 0 Å². The molecule has 6 aromatic carbocycles. The fourth-order valence-electron chi connectivity index (χ4n) is 6.59. The molecule has 0 unspecified atom stereocenters. The number of ether oxygens (including phenoxy) is 4. The quantitative estimate of drug-likeness (QED) is 0.0943. The first-order chi connectivity index (χ1) is 32.6. The maximum atomic E-state index is 5.95. The fourth-order valence-corrected chi connectivity index (χ4v) is 6.59. The summed E-state index contributed by atoms with van der Waals surface area (Å²) in [6.07, 6.45) is 7.41. The Kier molecular flexibility index (Phi) is 13.7. The van der Waals surface area contributed by atoms with Crippen LogP contribution < -0.4 is 18.9 Å². The normalized spacial score (nSPS) is 11.2. The maximum Gasteiger partial charge on any atom is 0.197 e. The Morgan fingerprint density at radius 3 is 1.36 bits per heavy atom. The fraction of sp³-hybridized carbons (Fsp3) is 0.0769. The Balaban J connectivity index is 0.000000166. The monoisotopic (exact) mass is 870 g/mol. The summed E-state index contributed by atoms with van der Waals surface area (Å²) in [7, 11) is 0. The Labute approximate surface area is 379 Å². The highest BCUT2D eigenvalue weighted by Crippen LogP contribution is 2.22. The van der Waals surface area contributed by atoms with E-state index in [2.05, 4.69) is 75.5 Å². The second-order valence-electron chi connectivity index (χ2n) is 14.8. The van der Waals surface area contributed by atoms with Crippen LogP contribution in [-0.4, -0.2) is 51.2 Å². The van der Waals surface area contributed by atoms with E-state index in [4.69, 9.17) is 18.9 Å². The second kappa shape index (κ2) is 21.4. The molecule has 0 aliphatic carbocycles. The molecule has 66 heavy (non-hydrogen) atoms. The molecule has 4 heterocycles. The van der Waals surface area contributed by atoms with Crippen molar-refractivity contribution in [1.29, 1.82) is 0 Å². The van der Waals surface area contributed by atoms with E-state index in [0.717, 1.165) is 78.4 Å². The molecule has 0 saturated carbocycles. The van der Waals surface area contributed by atoms with Crippen LogP contribution >= 0.6 is 0 Å². The first kappa shape index (κ1) is 42.3. The highest BCUT2D eigenvalue weighted by molar-refractivity contribution is 5.79. The summed E-state index contributed by atoms with van der Waals surface area (Å²) in [5.41, 5.74) is 7.87. The van der Waals surface area contributed by atoms with Crippen molar-refractivity contribution in [3.63, 3.8) is 0 Å². The average molecular weight is 871 g/mol. The van der Waals surface area contributed by atoms with E-state index in [1.165, 1.54) is 0 Å². The van der Waals surface area contributed by atoms with Crippen molar-refractivity contribution in [3.05, 3.63) is 215 Å². The molecule has 14 nitrogen and oxygen atoms in total. The number of nitrogens with one attached hydrogen (secondary N) is 2. The van der Waals surface area contributed by atoms with Crippen molar-refractivity contribution in [1.82, 2.24) is 51.2 Å². The van der Waals surface area contributed by atoms with Gasteiger partial charge in [0.2, 0.25) is 0 Å². The number of nitrogens with zero attached hydrogens (tertiary/aromatic N) is 8. The highest BCUT2D eigenvalue weighted by Gasteiger charge is 2.05. The van der Waals surface area contributed by atoms with Crippen LogP contribution in [0, 0.1) is 0 Å². The molecule has 2 N–H and O–H groups in total. The third-order valence-electron chi connectivity index (χ3n) is 10.1. The van der Waals surface area contributed by atoms with Gasteiger partial charge < -0.3 is 18.9 Å². The molecule has 4 aromatic heterocycles. The van der Waals surface area contributed by atoms with Gasteiger partial charge in [0.15, 0.2) is 11.6 Å². The van der Waals surface area contributed by atoms with Gasteiger partial charge in [-0.2, -0.15) is 10.4 Å². The Bertz CT molecular complexity index is 3140. The molecule has 0 aliphatic heterocycles. The molecule has 10 aromatic rings. The van der Waals surface area contributed by atoms with Gasteiger partial charge in [0.1, 0.15) is 49.4 Å². The molecule has 0 atom stereocenters. The van der Waals surface area contributed by atoms with Crippen LogP contribution in [0.2, 0.25) is 0 Å². The van der Waals surface area contributed by atoms with Crippen LogP contribution in [0.15, 0.2) is 170 Å². The zero-order chi connectivity index (χ0) is 44.6. The SMILES string of the molecule is C(=Cc1nn[nH]n1)c1ccc(OCc2ccc(OCc3ccc4ccccc4n3)cc2)cc1.C(=Cc1nn[nH]n1)c1cccc(OCc2ccc(OCc3ccc4ccccc4n3)cc2)c1. The van der Waals surface area contributed by atoms with Crippen molar-refractivity contribution >= 4 is 46.1 Å². The van der Waals surface area contributed by atoms with Gasteiger partial charge in [0.05, 0.1) is 22.4 Å². The third kappa shape index (κ3) is 12.1. The number of aromatic nitrogens is 10. The zero-order valence-corrected chi connectivity index (χ0v) is 35.5. The number of tetrazole rings is 2. The molecule has 0 amide bonds. The molecule has 14 heteroatoms. The number of hydrogen-bond donors (Lipinski definition) is 2. The number of pyridine rings is 2. The first-order valence-electron chi connectivity index (χ1n) is 21.1. The topological polar surface area (TPSA) is 172 Å². The highest BCUT2D eigenvalue weighted by atomic mass is 16.5. The van der Waals surface area contributed by atoms with Crippen LogP contribution in [0.5, 0.6) is 23.0 Å². The van der Waals surface area contributed by atoms with Crippen molar-refractivity contribution in [2.24, 2.45) is 0 Å². The summed E-state index contributed by atoms with van der Waals surface area (Å²) in [6.45, 7) is 1.79. The van der Waals surface area contributed by atoms with Gasteiger partial charge in [-0.25, -0.2) is 9.97 Å². The summed E-state index contributed by atoms with van der Waals surface area (Å²) in [5.74, 6) is 4.24. The van der Waals surface area contributed by atoms with Crippen LogP contribution in [0.25, 0.3) is 46.1 Å². The molecule has 0 saturated heterocycles. The van der Waals surface area contributed by atoms with E-state index in [1.807, 2.05) is 158 Å². The summed E-state index contributed by atoms with van der Waals surface area (Å²) in [6, 6.07) is 55.7. The predicted octanol–water partition coefficient (Wildman–Crippen LogP) is 10.2. The Hall–Kier alpha value is -9.04. The first-order valence-corrected chi connectivity index (χ1v) is 21.1. The predicted molar refractivity (Wildman–Crippen MR) is 253 cm³/mol. The minimum atomic E-state index is 0.421. The lowest BCUT2D eigenvalue weighted by Crippen LogP contribution is -1.99. The number of benzene rings is 6. The summed E-state index contributed by atoms with van der Waals surface area (Å²) in [5, 5.41) is 29.7. The van der Waals surface area contributed by atoms with Gasteiger partial charge >= 0.3 is 0 Å². The molecule has 0 aliphatic rings. The maximum absolute atomic E-state index is 5.95. The number of hydrogen-bond acceptors (Lipinski definition) is 12. The average Bonchev–Trinajstić information content (AvgIpc) is 4.12. The number of para-hydroxylation sites is 2. The number of H-pyrrole nitrogens is 2. The van der Waals surface area contributed by atoms with Crippen molar-refractivity contribution in [2.75, 3.05) is 0 Å². The van der Waals surface area contributed by atoms with E-state index in [9.17, 15) is 0 Å². The molecule has 0 radical (unpaired) electrons. The van der Waals surface area contributed by atoms with Crippen LogP contribution in [0.3, 0.4) is 0 Å². The largest absolute Gasteiger partial charge is 0.489 e. The standard InChI is InChI=1S/2C26H21N5O2/c1-2-7-25-21(5-1)11-12-22(27-25)18-33-23-13-8-20(9-14-23)17-32-24-6-3-4-19(16-24)10-15-26-28-30-31-29-26;1-2-4-25-21(3-1)10-11-22(27-25)18-33-24-14-7-20(8-15-24)17-32-23-12-5-19(6-13-23)9-16-26-28-30-31-29-26/h2*1-16H,17-18H2,(H,28,29,30,31). The molecule has 0 bridgehead atoms. The van der Waals surface area contributed by atoms with Gasteiger partial charge in [0.25, 0.3) is 0 Å². The third-order valence-corrected chi connectivity index (χ3v) is 10.1. The molecular formula is C52H42N10O4. The summed E-state index contributed by atoms with van der Waals surface area (Å²) >= 11 is 0. The van der Waals surface area contributed by atoms with E-state index in [0.29, 0.717) is 38.1 Å². The van der Waals surface area contributed by atoms with E-state index >= 15 is 0 Å². The van der Waals surface area contributed by atoms with Crippen molar-refractivity contribution < 1.29 is 18.9 Å². The van der Waals surface area contributed by atoms with Crippen LogP contribution in [0.1, 0.15) is 45.3 Å². The molecular weight excluding hydrogens is 829 g/mol. The molecule has 0 fully saturated rings. The van der Waals surface area contributed by atoms with Crippen LogP contribution in [-0.2, 0) is 26.4 Å². The van der Waals surface area contributed by atoms with Gasteiger partial charge in [-0.15, -0.1) is 20.4 Å². The van der Waals surface area contributed by atoms with Crippen LogP contribution in [0.4, 0.5) is 0 Å². The Morgan fingerprint density at radius 1 is 0.379 bits per heavy atom. The second-order valence-corrected chi connectivity index (χ2v) is 14.8. The number of aromatic amines is 2. The minimum Gasteiger partial charge on any atom is -0.489 e. The lowest BCUT2D eigenvalue weighted by atomic mass is 10.2. The summed E-state index contributed by atoms with van der Waals surface area (Å²) in [4.78, 5) is 9.29. The van der Waals surface area contributed by atoms with Gasteiger partial charge in [0, 0.05) is 10.8 Å². The number of fused-ring (bicyclic) bond motifs is 2. The molecule has 0 spiro atoms. The lowest BCUT2D eigenvalue weighted by Gasteiger charge is -2.09. The smallest absolute Gasteiger partial charge is 0.197 e. The Morgan fingerprint density at radius 2 is 0.848 bits per heavy atom. The molecule has 10 rings (SSSR count). The lowest BCUT2D eigenvalue weighted by molar-refractivity contribution is 0.298. The van der Waals surface area contributed by atoms with E-state index in [-0.39, 0.29) is 0 Å². The number of rotatable bonds is 16. The van der Waals surface area contributed by atoms with Crippen molar-refractivity contribution in [2.45, 2.75) is 26.4 Å². The van der Waals surface area contributed by atoms with Crippen molar-refractivity contribution in [3.8, 4) is 23.0 Å². The summed E-state index contributed by atoms with van der Waals surface area (Å²) < 4.78 is 23.6.